The third-order valence-electron chi connectivity index (χ3n) is 3.16. The number of nitrogens with two attached hydrogens (primary N) is 1. The number of carbonyl (C=O) groups is 1. The van der Waals surface area contributed by atoms with Crippen molar-refractivity contribution < 1.29 is 9.18 Å². The first-order valence-corrected chi connectivity index (χ1v) is 6.31. The highest BCUT2D eigenvalue weighted by atomic mass is 35.5. The van der Waals surface area contributed by atoms with Crippen molar-refractivity contribution in [2.45, 2.75) is 0 Å². The average molecular weight is 289 g/mol. The van der Waals surface area contributed by atoms with Crippen LogP contribution in [0.4, 0.5) is 10.1 Å². The molecule has 0 fully saturated rings. The molecule has 0 aliphatic carbocycles. The van der Waals surface area contributed by atoms with Gasteiger partial charge in [0.2, 0.25) is 0 Å². The van der Waals surface area contributed by atoms with E-state index in [1.165, 1.54) is 18.3 Å². The number of benzene rings is 2. The average Bonchev–Trinajstić information content (AvgIpc) is 2.83. The Morgan fingerprint density at radius 1 is 1.20 bits per heavy atom. The van der Waals surface area contributed by atoms with E-state index >= 15 is 0 Å². The summed E-state index contributed by atoms with van der Waals surface area (Å²) in [5.74, 6) is -0.782. The number of hydrogen-bond acceptors (Lipinski definition) is 2. The fourth-order valence-corrected chi connectivity index (χ4v) is 2.39. The van der Waals surface area contributed by atoms with Crippen molar-refractivity contribution in [1.29, 1.82) is 0 Å². The Labute approximate surface area is 119 Å². The zero-order valence-electron chi connectivity index (χ0n) is 10.3. The lowest BCUT2D eigenvalue weighted by molar-refractivity contribution is 0.104. The molecule has 1 heterocycles. The maximum Gasteiger partial charge on any atom is 0.197 e. The summed E-state index contributed by atoms with van der Waals surface area (Å²) in [4.78, 5) is 15.4. The lowest BCUT2D eigenvalue weighted by Gasteiger charge is -2.05. The van der Waals surface area contributed by atoms with Gasteiger partial charge < -0.3 is 10.7 Å². The van der Waals surface area contributed by atoms with E-state index in [1.54, 1.807) is 24.3 Å². The number of nitrogen functional groups attached to an aromatic ring is 1. The number of rotatable bonds is 2. The largest absolute Gasteiger partial charge is 0.398 e. The summed E-state index contributed by atoms with van der Waals surface area (Å²) in [6, 6.07) is 9.23. The standard InChI is InChI=1S/C15H10ClFN2O/c16-8-4-5-9(12(18)6-8)15(20)10-7-19-13-3-1-2-11(17)14(10)13/h1-7,19H,18H2. The predicted octanol–water partition coefficient (Wildman–Crippen LogP) is 3.77. The normalized spacial score (nSPS) is 10.9. The highest BCUT2D eigenvalue weighted by Gasteiger charge is 2.18. The molecule has 0 saturated heterocycles. The van der Waals surface area contributed by atoms with Crippen molar-refractivity contribution >= 4 is 34.0 Å². The SMILES string of the molecule is Nc1cc(Cl)ccc1C(=O)c1c[nH]c2cccc(F)c12. The van der Waals surface area contributed by atoms with Crippen molar-refractivity contribution in [2.75, 3.05) is 5.73 Å². The van der Waals surface area contributed by atoms with Gasteiger partial charge in [-0.3, -0.25) is 4.79 Å². The molecular formula is C15H10ClFN2O. The third kappa shape index (κ3) is 1.94. The molecule has 0 unspecified atom stereocenters. The van der Waals surface area contributed by atoms with Gasteiger partial charge in [-0.15, -0.1) is 0 Å². The highest BCUT2D eigenvalue weighted by Crippen LogP contribution is 2.26. The topological polar surface area (TPSA) is 58.9 Å². The number of nitrogens with one attached hydrogen (secondary N) is 1. The van der Waals surface area contributed by atoms with Gasteiger partial charge in [-0.05, 0) is 30.3 Å². The van der Waals surface area contributed by atoms with Crippen LogP contribution in [0.3, 0.4) is 0 Å². The molecule has 0 amide bonds. The van der Waals surface area contributed by atoms with Crippen LogP contribution in [0.5, 0.6) is 0 Å². The Hall–Kier alpha value is -2.33. The van der Waals surface area contributed by atoms with Crippen LogP contribution in [0, 0.1) is 5.82 Å². The second-order valence-corrected chi connectivity index (χ2v) is 4.86. The van der Waals surface area contributed by atoms with Crippen LogP contribution in [0.25, 0.3) is 10.9 Å². The monoisotopic (exact) mass is 288 g/mol. The van der Waals surface area contributed by atoms with Gasteiger partial charge in [-0.1, -0.05) is 17.7 Å². The molecule has 0 aliphatic heterocycles. The van der Waals surface area contributed by atoms with Crippen LogP contribution in [-0.2, 0) is 0 Å². The molecule has 0 aliphatic rings. The van der Waals surface area contributed by atoms with Crippen molar-refractivity contribution in [3.05, 3.63) is 64.6 Å². The molecule has 0 spiro atoms. The van der Waals surface area contributed by atoms with Gasteiger partial charge in [-0.25, -0.2) is 4.39 Å². The van der Waals surface area contributed by atoms with Crippen molar-refractivity contribution in [1.82, 2.24) is 4.98 Å². The summed E-state index contributed by atoms with van der Waals surface area (Å²) in [5, 5.41) is 0.719. The van der Waals surface area contributed by atoms with Crippen molar-refractivity contribution in [2.24, 2.45) is 0 Å². The van der Waals surface area contributed by atoms with Gasteiger partial charge in [0.1, 0.15) is 5.82 Å². The smallest absolute Gasteiger partial charge is 0.197 e. The molecule has 0 bridgehead atoms. The van der Waals surface area contributed by atoms with Crippen molar-refractivity contribution in [3.8, 4) is 0 Å². The minimum atomic E-state index is -0.445. The van der Waals surface area contributed by atoms with Crippen LogP contribution in [0.15, 0.2) is 42.6 Å². The summed E-state index contributed by atoms with van der Waals surface area (Å²) in [5.41, 5.74) is 7.20. The molecular weight excluding hydrogens is 279 g/mol. The first-order valence-electron chi connectivity index (χ1n) is 5.93. The predicted molar refractivity (Wildman–Crippen MR) is 77.6 cm³/mol. The molecule has 0 saturated carbocycles. The first kappa shape index (κ1) is 12.7. The number of fused-ring (bicyclic) bond motifs is 1. The second kappa shape index (κ2) is 4.65. The number of H-pyrrole nitrogens is 1. The molecule has 5 heteroatoms. The summed E-state index contributed by atoms with van der Waals surface area (Å²) < 4.78 is 13.9. The summed E-state index contributed by atoms with van der Waals surface area (Å²) >= 11 is 5.81. The third-order valence-corrected chi connectivity index (χ3v) is 3.39. The van der Waals surface area contributed by atoms with Crippen LogP contribution in [-0.4, -0.2) is 10.8 Å². The van der Waals surface area contributed by atoms with E-state index in [0.717, 1.165) is 0 Å². The molecule has 0 radical (unpaired) electrons. The highest BCUT2D eigenvalue weighted by molar-refractivity contribution is 6.31. The molecule has 3 nitrogen and oxygen atoms in total. The maximum atomic E-state index is 13.9. The van der Waals surface area contributed by atoms with Crippen molar-refractivity contribution in [3.63, 3.8) is 0 Å². The van der Waals surface area contributed by atoms with Gasteiger partial charge in [-0.2, -0.15) is 0 Å². The fourth-order valence-electron chi connectivity index (χ4n) is 2.20. The molecule has 2 aromatic carbocycles. The molecule has 3 N–H and O–H groups in total. The van der Waals surface area contributed by atoms with Gasteiger partial charge in [0.15, 0.2) is 5.78 Å². The number of anilines is 1. The summed E-state index contributed by atoms with van der Waals surface area (Å²) in [7, 11) is 0. The molecule has 1 aromatic heterocycles. The quantitative estimate of drug-likeness (QED) is 0.557. The number of aromatic nitrogens is 1. The summed E-state index contributed by atoms with van der Waals surface area (Å²) in [6.45, 7) is 0. The van der Waals surface area contributed by atoms with Crippen LogP contribution in [0.1, 0.15) is 15.9 Å². The molecule has 3 aromatic rings. The number of ketones is 1. The lowest BCUT2D eigenvalue weighted by atomic mass is 10.0. The lowest BCUT2D eigenvalue weighted by Crippen LogP contribution is -2.05. The zero-order valence-corrected chi connectivity index (χ0v) is 11.0. The summed E-state index contributed by atoms with van der Waals surface area (Å²) in [6.07, 6.45) is 1.49. The second-order valence-electron chi connectivity index (χ2n) is 4.43. The minimum absolute atomic E-state index is 0.257. The maximum absolute atomic E-state index is 13.9. The van der Waals surface area contributed by atoms with E-state index in [-0.39, 0.29) is 22.4 Å². The number of halogens is 2. The van der Waals surface area contributed by atoms with E-state index in [9.17, 15) is 9.18 Å². The first-order chi connectivity index (χ1) is 9.58. The number of carbonyl (C=O) groups excluding carboxylic acids is 1. The van der Waals surface area contributed by atoms with E-state index in [1.807, 2.05) is 0 Å². The molecule has 20 heavy (non-hydrogen) atoms. The number of hydrogen-bond donors (Lipinski definition) is 2. The molecule has 3 rings (SSSR count). The fraction of sp³-hybridized carbons (Fsp3) is 0. The van der Waals surface area contributed by atoms with E-state index in [2.05, 4.69) is 4.98 Å². The van der Waals surface area contributed by atoms with Gasteiger partial charge in [0, 0.05) is 33.4 Å². The Balaban J connectivity index is 2.18. The Kier molecular flexibility index (Phi) is 2.95. The molecule has 100 valence electrons. The van der Waals surface area contributed by atoms with Crippen LogP contribution >= 0.6 is 11.6 Å². The molecule has 0 atom stereocenters. The zero-order chi connectivity index (χ0) is 14.3. The van der Waals surface area contributed by atoms with Crippen LogP contribution in [0.2, 0.25) is 5.02 Å². The van der Waals surface area contributed by atoms with E-state index < -0.39 is 5.82 Å². The Morgan fingerprint density at radius 2 is 2.00 bits per heavy atom. The Bertz CT molecular complexity index is 826. The Morgan fingerprint density at radius 3 is 2.75 bits per heavy atom. The van der Waals surface area contributed by atoms with Gasteiger partial charge >= 0.3 is 0 Å². The van der Waals surface area contributed by atoms with Crippen LogP contribution < -0.4 is 5.73 Å². The minimum Gasteiger partial charge on any atom is -0.398 e. The number of aromatic amines is 1. The van der Waals surface area contributed by atoms with E-state index in [0.29, 0.717) is 16.1 Å². The van der Waals surface area contributed by atoms with Gasteiger partial charge in [0.25, 0.3) is 0 Å². The van der Waals surface area contributed by atoms with E-state index in [4.69, 9.17) is 17.3 Å². The van der Waals surface area contributed by atoms with Gasteiger partial charge in [0.05, 0.1) is 5.56 Å².